The van der Waals surface area contributed by atoms with Gasteiger partial charge in [-0.1, -0.05) is 24.3 Å². The molecule has 4 N–H and O–H groups in total. The van der Waals surface area contributed by atoms with Crippen LogP contribution in [0, 0.1) is 5.41 Å². The Morgan fingerprint density at radius 3 is 1.21 bits per heavy atom. The van der Waals surface area contributed by atoms with E-state index in [0.29, 0.717) is 0 Å². The third-order valence-corrected chi connectivity index (χ3v) is 2.00. The molecule has 0 atom stereocenters. The van der Waals surface area contributed by atoms with Crippen LogP contribution < -0.4 is 0 Å². The molecular formula is C10H18O4. The third kappa shape index (κ3) is 4.53. The van der Waals surface area contributed by atoms with Crippen LogP contribution in [-0.2, 0) is 0 Å². The summed E-state index contributed by atoms with van der Waals surface area (Å²) in [6, 6.07) is 0. The highest BCUT2D eigenvalue weighted by atomic mass is 16.3. The van der Waals surface area contributed by atoms with Crippen molar-refractivity contribution in [3.05, 3.63) is 24.3 Å². The quantitative estimate of drug-likeness (QED) is 0.493. The fraction of sp³-hybridized carbons (Fsp3) is 0.600. The molecule has 0 aromatic carbocycles. The zero-order chi connectivity index (χ0) is 10.9. The Morgan fingerprint density at radius 1 is 0.786 bits per heavy atom. The van der Waals surface area contributed by atoms with E-state index in [1.165, 1.54) is 0 Å². The molecule has 0 aromatic heterocycles. The smallest absolute Gasteiger partial charge is 0.0627 e. The Kier molecular flexibility index (Phi) is 7.32. The topological polar surface area (TPSA) is 80.9 Å². The summed E-state index contributed by atoms with van der Waals surface area (Å²) in [5, 5.41) is 34.0. The highest BCUT2D eigenvalue weighted by Gasteiger charge is 2.26. The Hall–Kier alpha value is -0.680. The number of aliphatic hydroxyl groups excluding tert-OH is 4. The van der Waals surface area contributed by atoms with E-state index >= 15 is 0 Å². The molecule has 14 heavy (non-hydrogen) atoms. The average molecular weight is 202 g/mol. The lowest BCUT2D eigenvalue weighted by Crippen LogP contribution is -2.37. The van der Waals surface area contributed by atoms with Crippen LogP contribution in [-0.4, -0.2) is 46.9 Å². The van der Waals surface area contributed by atoms with Gasteiger partial charge in [0.1, 0.15) is 0 Å². The van der Waals surface area contributed by atoms with Crippen LogP contribution in [0.4, 0.5) is 0 Å². The first-order valence-corrected chi connectivity index (χ1v) is 4.50. The number of allylic oxidation sites excluding steroid dienone is 4. The van der Waals surface area contributed by atoms with Crippen molar-refractivity contribution in [2.24, 2.45) is 5.41 Å². The lowest BCUT2D eigenvalue weighted by atomic mass is 9.93. The second-order valence-corrected chi connectivity index (χ2v) is 3.22. The maximum Gasteiger partial charge on any atom is 0.0627 e. The Balaban J connectivity index is 0.000000280. The predicted molar refractivity (Wildman–Crippen MR) is 53.7 cm³/mol. The van der Waals surface area contributed by atoms with Crippen LogP contribution in [0.3, 0.4) is 0 Å². The molecule has 4 nitrogen and oxygen atoms in total. The fourth-order valence-corrected chi connectivity index (χ4v) is 0.693. The molecule has 0 radical (unpaired) electrons. The van der Waals surface area contributed by atoms with Gasteiger partial charge in [-0.2, -0.15) is 0 Å². The molecule has 0 heterocycles. The largest absolute Gasteiger partial charge is 0.396 e. The van der Waals surface area contributed by atoms with E-state index in [1.54, 1.807) is 0 Å². The first kappa shape index (κ1) is 13.3. The molecule has 0 unspecified atom stereocenters. The molecule has 1 aliphatic carbocycles. The van der Waals surface area contributed by atoms with Crippen molar-refractivity contribution in [1.82, 2.24) is 0 Å². The third-order valence-electron chi connectivity index (χ3n) is 2.00. The molecule has 0 saturated heterocycles. The van der Waals surface area contributed by atoms with Crippen molar-refractivity contribution in [3.63, 3.8) is 0 Å². The molecular weight excluding hydrogens is 184 g/mol. The van der Waals surface area contributed by atoms with Crippen molar-refractivity contribution in [2.75, 3.05) is 26.4 Å². The minimum atomic E-state index is -1.11. The van der Waals surface area contributed by atoms with Gasteiger partial charge in [-0.15, -0.1) is 0 Å². The number of hydrogen-bond acceptors (Lipinski definition) is 4. The van der Waals surface area contributed by atoms with Gasteiger partial charge in [0, 0.05) is 0 Å². The van der Waals surface area contributed by atoms with E-state index in [0.717, 1.165) is 6.42 Å². The highest BCUT2D eigenvalue weighted by molar-refractivity contribution is 5.11. The van der Waals surface area contributed by atoms with Gasteiger partial charge in [-0.3, -0.25) is 0 Å². The number of hydrogen-bond donors (Lipinski definition) is 4. The van der Waals surface area contributed by atoms with Crippen molar-refractivity contribution in [2.45, 2.75) is 6.42 Å². The fourth-order valence-electron chi connectivity index (χ4n) is 0.693. The van der Waals surface area contributed by atoms with Gasteiger partial charge in [-0.05, 0) is 6.42 Å². The maximum atomic E-state index is 8.50. The van der Waals surface area contributed by atoms with Gasteiger partial charge in [0.05, 0.1) is 31.8 Å². The molecule has 1 rings (SSSR count). The predicted octanol–water partition coefficient (Wildman–Crippen LogP) is -0.556. The second kappa shape index (κ2) is 7.70. The van der Waals surface area contributed by atoms with Gasteiger partial charge in [0.25, 0.3) is 0 Å². The SMILES string of the molecule is C1=CCC=C1.OCC(CO)(CO)CO. The van der Waals surface area contributed by atoms with E-state index in [2.05, 4.69) is 24.3 Å². The number of aliphatic hydroxyl groups is 4. The monoisotopic (exact) mass is 202 g/mol. The van der Waals surface area contributed by atoms with Crippen molar-refractivity contribution < 1.29 is 20.4 Å². The molecule has 0 saturated carbocycles. The van der Waals surface area contributed by atoms with Gasteiger partial charge in [0.2, 0.25) is 0 Å². The Morgan fingerprint density at radius 2 is 1.14 bits per heavy atom. The molecule has 4 heteroatoms. The summed E-state index contributed by atoms with van der Waals surface area (Å²) < 4.78 is 0. The standard InChI is InChI=1S/C5H12O4.C5H6/c6-1-5(2-7,3-8)4-9;1-2-4-5-3-1/h6-9H,1-4H2;1-4H,5H2. The van der Waals surface area contributed by atoms with Crippen molar-refractivity contribution >= 4 is 0 Å². The minimum Gasteiger partial charge on any atom is -0.396 e. The van der Waals surface area contributed by atoms with Crippen LogP contribution >= 0.6 is 0 Å². The molecule has 0 aliphatic heterocycles. The minimum absolute atomic E-state index is 0.406. The van der Waals surface area contributed by atoms with Gasteiger partial charge in [-0.25, -0.2) is 0 Å². The summed E-state index contributed by atoms with van der Waals surface area (Å²) in [6.07, 6.45) is 9.50. The van der Waals surface area contributed by atoms with Crippen LogP contribution in [0.2, 0.25) is 0 Å². The van der Waals surface area contributed by atoms with E-state index in [9.17, 15) is 0 Å². The lowest BCUT2D eigenvalue weighted by Gasteiger charge is -2.23. The first-order valence-electron chi connectivity index (χ1n) is 4.50. The molecule has 0 fully saturated rings. The van der Waals surface area contributed by atoms with Crippen LogP contribution in [0.15, 0.2) is 24.3 Å². The van der Waals surface area contributed by atoms with Gasteiger partial charge < -0.3 is 20.4 Å². The molecule has 0 amide bonds. The molecule has 0 aromatic rings. The summed E-state index contributed by atoms with van der Waals surface area (Å²) >= 11 is 0. The molecule has 0 spiro atoms. The molecule has 0 bridgehead atoms. The van der Waals surface area contributed by atoms with E-state index in [1.807, 2.05) is 0 Å². The zero-order valence-corrected chi connectivity index (χ0v) is 8.13. The molecule has 82 valence electrons. The average Bonchev–Trinajstić information content (AvgIpc) is 2.80. The van der Waals surface area contributed by atoms with Gasteiger partial charge >= 0.3 is 0 Å². The first-order chi connectivity index (χ1) is 6.74. The summed E-state index contributed by atoms with van der Waals surface area (Å²) in [6.45, 7) is -1.62. The van der Waals surface area contributed by atoms with E-state index in [4.69, 9.17) is 20.4 Å². The van der Waals surface area contributed by atoms with Crippen LogP contribution in [0.5, 0.6) is 0 Å². The van der Waals surface area contributed by atoms with E-state index in [-0.39, 0.29) is 0 Å². The molecule has 1 aliphatic rings. The van der Waals surface area contributed by atoms with Gasteiger partial charge in [0.15, 0.2) is 0 Å². The lowest BCUT2D eigenvalue weighted by molar-refractivity contribution is -0.0328. The van der Waals surface area contributed by atoms with E-state index < -0.39 is 31.8 Å². The second-order valence-electron chi connectivity index (χ2n) is 3.22. The van der Waals surface area contributed by atoms with Crippen molar-refractivity contribution in [3.8, 4) is 0 Å². The summed E-state index contributed by atoms with van der Waals surface area (Å²) in [7, 11) is 0. The summed E-state index contributed by atoms with van der Waals surface area (Å²) in [5.41, 5.74) is -1.11. The Bertz CT molecular complexity index is 155. The van der Waals surface area contributed by atoms with Crippen LogP contribution in [0.1, 0.15) is 6.42 Å². The maximum absolute atomic E-state index is 8.50. The Labute approximate surface area is 83.8 Å². The van der Waals surface area contributed by atoms with Crippen molar-refractivity contribution in [1.29, 1.82) is 0 Å². The zero-order valence-electron chi connectivity index (χ0n) is 8.13. The normalized spacial score (nSPS) is 14.0. The summed E-state index contributed by atoms with van der Waals surface area (Å²) in [4.78, 5) is 0. The number of rotatable bonds is 4. The summed E-state index contributed by atoms with van der Waals surface area (Å²) in [5.74, 6) is 0. The highest BCUT2D eigenvalue weighted by Crippen LogP contribution is 2.11. The van der Waals surface area contributed by atoms with Crippen LogP contribution in [0.25, 0.3) is 0 Å².